The van der Waals surface area contributed by atoms with E-state index in [1.165, 1.54) is 12.1 Å². The molecule has 0 spiro atoms. The molecule has 0 saturated carbocycles. The third kappa shape index (κ3) is 2.40. The lowest BCUT2D eigenvalue weighted by Crippen LogP contribution is -1.99. The molecule has 0 saturated heterocycles. The van der Waals surface area contributed by atoms with Gasteiger partial charge in [-0.15, -0.1) is 0 Å². The lowest BCUT2D eigenvalue weighted by molar-refractivity contribution is 0.620. The molecule has 4 rings (SSSR count). The fourth-order valence-electron chi connectivity index (χ4n) is 2.97. The van der Waals surface area contributed by atoms with Crippen LogP contribution in [-0.2, 0) is 0 Å². The van der Waals surface area contributed by atoms with Gasteiger partial charge in [-0.25, -0.2) is 9.37 Å². The fourth-order valence-corrected chi connectivity index (χ4v) is 2.97. The lowest BCUT2D eigenvalue weighted by Gasteiger charge is -2.10. The topological polar surface area (TPSA) is 65.4 Å². The molecular formula is C21H11FN4. The molecular weight excluding hydrogens is 327 g/mol. The second kappa shape index (κ2) is 6.16. The van der Waals surface area contributed by atoms with Crippen molar-refractivity contribution >= 4 is 11.0 Å². The normalized spacial score (nSPS) is 10.4. The maximum absolute atomic E-state index is 14.1. The molecule has 1 aromatic heterocycles. The fraction of sp³-hybridized carbons (Fsp3) is 0. The van der Waals surface area contributed by atoms with Crippen molar-refractivity contribution in [2.75, 3.05) is 0 Å². The first-order valence-corrected chi connectivity index (χ1v) is 7.90. The summed E-state index contributed by atoms with van der Waals surface area (Å²) in [5, 5.41) is 18.4. The molecule has 0 bridgehead atoms. The van der Waals surface area contributed by atoms with Gasteiger partial charge in [0.25, 0.3) is 0 Å². The smallest absolute Gasteiger partial charge is 0.158 e. The van der Waals surface area contributed by atoms with E-state index in [1.807, 2.05) is 71.3 Å². The number of hydrogen-bond donors (Lipinski definition) is 0. The number of hydrogen-bond acceptors (Lipinski definition) is 3. The number of rotatable bonds is 2. The van der Waals surface area contributed by atoms with Gasteiger partial charge in [-0.05, 0) is 36.4 Å². The van der Waals surface area contributed by atoms with Gasteiger partial charge in [-0.2, -0.15) is 10.5 Å². The summed E-state index contributed by atoms with van der Waals surface area (Å²) in [5.74, 6) is -0.258. The summed E-state index contributed by atoms with van der Waals surface area (Å²) in [7, 11) is 0. The van der Waals surface area contributed by atoms with E-state index in [9.17, 15) is 14.9 Å². The predicted octanol–water partition coefficient (Wildman–Crippen LogP) is 4.57. The number of nitrogens with zero attached hydrogens (tertiary/aromatic N) is 4. The maximum Gasteiger partial charge on any atom is 0.158 e. The van der Waals surface area contributed by atoms with Crippen LogP contribution in [-0.4, -0.2) is 9.55 Å². The average molecular weight is 338 g/mol. The summed E-state index contributed by atoms with van der Waals surface area (Å²) in [5.41, 5.74) is 2.70. The Kier molecular flexibility index (Phi) is 3.69. The predicted molar refractivity (Wildman–Crippen MR) is 95.9 cm³/mol. The number of aromatic nitrogens is 2. The van der Waals surface area contributed by atoms with Gasteiger partial charge in [0, 0.05) is 11.3 Å². The van der Waals surface area contributed by atoms with Gasteiger partial charge >= 0.3 is 0 Å². The molecule has 4 aromatic rings. The van der Waals surface area contributed by atoms with E-state index >= 15 is 0 Å². The van der Waals surface area contributed by atoms with Crippen LogP contribution < -0.4 is 0 Å². The van der Waals surface area contributed by atoms with Gasteiger partial charge in [0.05, 0.1) is 22.2 Å². The van der Waals surface area contributed by atoms with Gasteiger partial charge in [0.15, 0.2) is 5.82 Å². The number of nitriles is 2. The third-order valence-corrected chi connectivity index (χ3v) is 4.15. The quantitative estimate of drug-likeness (QED) is 0.537. The number of benzene rings is 3. The molecule has 0 atom stereocenters. The summed E-state index contributed by atoms with van der Waals surface area (Å²) in [6, 6.07) is 23.7. The molecule has 4 nitrogen and oxygen atoms in total. The minimum Gasteiger partial charge on any atom is -0.292 e. The molecule has 0 aliphatic carbocycles. The van der Waals surface area contributed by atoms with Crippen molar-refractivity contribution in [1.29, 1.82) is 10.5 Å². The minimum absolute atomic E-state index is 0.175. The minimum atomic E-state index is -0.805. The summed E-state index contributed by atoms with van der Waals surface area (Å²) in [6.45, 7) is 0. The van der Waals surface area contributed by atoms with E-state index in [4.69, 9.17) is 0 Å². The Morgan fingerprint density at radius 3 is 2.12 bits per heavy atom. The van der Waals surface area contributed by atoms with Crippen molar-refractivity contribution in [3.05, 3.63) is 83.7 Å². The largest absolute Gasteiger partial charge is 0.292 e. The average Bonchev–Trinajstić information content (AvgIpc) is 3.08. The van der Waals surface area contributed by atoms with Crippen molar-refractivity contribution in [3.8, 4) is 29.2 Å². The number of halogens is 1. The van der Waals surface area contributed by atoms with Crippen molar-refractivity contribution in [2.45, 2.75) is 0 Å². The molecule has 0 amide bonds. The van der Waals surface area contributed by atoms with Crippen molar-refractivity contribution < 1.29 is 4.39 Å². The molecule has 5 heteroatoms. The zero-order chi connectivity index (χ0) is 18.1. The first-order valence-electron chi connectivity index (χ1n) is 7.90. The van der Waals surface area contributed by atoms with E-state index < -0.39 is 5.82 Å². The highest BCUT2D eigenvalue weighted by atomic mass is 19.1. The Balaban J connectivity index is 2.08. The number of para-hydroxylation sites is 3. The summed E-state index contributed by atoms with van der Waals surface area (Å²) in [6.07, 6.45) is 0. The zero-order valence-corrected chi connectivity index (χ0v) is 13.5. The van der Waals surface area contributed by atoms with Crippen LogP contribution >= 0.6 is 0 Å². The second-order valence-electron chi connectivity index (χ2n) is 5.70. The first-order chi connectivity index (χ1) is 12.7. The molecule has 3 aromatic carbocycles. The number of fused-ring (bicyclic) bond motifs is 1. The highest BCUT2D eigenvalue weighted by molar-refractivity contribution is 5.83. The monoisotopic (exact) mass is 338 g/mol. The maximum atomic E-state index is 14.1. The van der Waals surface area contributed by atoms with Crippen LogP contribution in [0, 0.1) is 28.5 Å². The first kappa shape index (κ1) is 15.6. The third-order valence-electron chi connectivity index (χ3n) is 4.15. The second-order valence-corrected chi connectivity index (χ2v) is 5.70. The van der Waals surface area contributed by atoms with Crippen LogP contribution in [0.2, 0.25) is 0 Å². The van der Waals surface area contributed by atoms with Gasteiger partial charge in [0.1, 0.15) is 18.0 Å². The van der Waals surface area contributed by atoms with Crippen LogP contribution in [0.1, 0.15) is 11.1 Å². The zero-order valence-electron chi connectivity index (χ0n) is 13.5. The molecule has 26 heavy (non-hydrogen) atoms. The van der Waals surface area contributed by atoms with Gasteiger partial charge in [0.2, 0.25) is 0 Å². The Morgan fingerprint density at radius 2 is 1.46 bits per heavy atom. The molecule has 0 N–H and O–H groups in total. The Hall–Kier alpha value is -3.96. The molecule has 0 aliphatic heterocycles. The number of imidazole rings is 1. The summed E-state index contributed by atoms with van der Waals surface area (Å²) in [4.78, 5) is 4.66. The highest BCUT2D eigenvalue weighted by Gasteiger charge is 2.18. The molecule has 0 aliphatic rings. The SMILES string of the molecule is N#Cc1cc(-c2nc3ccccc3n2-c2ccccc2)cc(C#N)c1F. The van der Waals surface area contributed by atoms with Crippen molar-refractivity contribution in [3.63, 3.8) is 0 Å². The lowest BCUT2D eigenvalue weighted by atomic mass is 10.1. The van der Waals surface area contributed by atoms with Crippen LogP contribution in [0.4, 0.5) is 4.39 Å². The molecule has 0 unspecified atom stereocenters. The van der Waals surface area contributed by atoms with Crippen LogP contribution in [0.25, 0.3) is 28.1 Å². The van der Waals surface area contributed by atoms with E-state index in [-0.39, 0.29) is 11.1 Å². The van der Waals surface area contributed by atoms with Crippen LogP contribution in [0.15, 0.2) is 66.7 Å². The molecule has 0 radical (unpaired) electrons. The Morgan fingerprint density at radius 1 is 0.846 bits per heavy atom. The Labute approximate surface area is 149 Å². The van der Waals surface area contributed by atoms with E-state index in [0.29, 0.717) is 11.4 Å². The molecule has 1 heterocycles. The van der Waals surface area contributed by atoms with Crippen LogP contribution in [0.5, 0.6) is 0 Å². The van der Waals surface area contributed by atoms with E-state index in [2.05, 4.69) is 4.98 Å². The molecule has 0 fully saturated rings. The van der Waals surface area contributed by atoms with Crippen LogP contribution in [0.3, 0.4) is 0 Å². The van der Waals surface area contributed by atoms with Gasteiger partial charge in [-0.1, -0.05) is 30.3 Å². The Bertz CT molecular complexity index is 1180. The van der Waals surface area contributed by atoms with E-state index in [1.54, 1.807) is 0 Å². The van der Waals surface area contributed by atoms with Gasteiger partial charge in [-0.3, -0.25) is 4.57 Å². The van der Waals surface area contributed by atoms with E-state index in [0.717, 1.165) is 16.7 Å². The highest BCUT2D eigenvalue weighted by Crippen LogP contribution is 2.30. The van der Waals surface area contributed by atoms with Crippen molar-refractivity contribution in [1.82, 2.24) is 9.55 Å². The standard InChI is InChI=1S/C21H11FN4/c22-20-15(12-23)10-14(11-16(20)13-24)21-25-18-8-4-5-9-19(18)26(21)17-6-2-1-3-7-17/h1-11H. The summed E-state index contributed by atoms with van der Waals surface area (Å²) < 4.78 is 16.1. The van der Waals surface area contributed by atoms with Crippen molar-refractivity contribution in [2.24, 2.45) is 0 Å². The summed E-state index contributed by atoms with van der Waals surface area (Å²) >= 11 is 0. The van der Waals surface area contributed by atoms with Gasteiger partial charge < -0.3 is 0 Å². The molecule has 122 valence electrons.